The molecule has 0 unspecified atom stereocenters. The van der Waals surface area contributed by atoms with Crippen LogP contribution in [-0.4, -0.2) is 36.8 Å². The Kier molecular flexibility index (Phi) is 4.29. The number of ether oxygens (including phenoxy) is 1. The van der Waals surface area contributed by atoms with Crippen LogP contribution in [-0.2, 0) is 14.4 Å². The van der Waals surface area contributed by atoms with Crippen molar-refractivity contribution in [3.63, 3.8) is 0 Å². The van der Waals surface area contributed by atoms with Crippen molar-refractivity contribution in [2.45, 2.75) is 32.9 Å². The molecule has 2 fully saturated rings. The van der Waals surface area contributed by atoms with Gasteiger partial charge < -0.3 is 9.64 Å². The minimum Gasteiger partial charge on any atom is -0.497 e. The summed E-state index contributed by atoms with van der Waals surface area (Å²) in [5, 5.41) is 0. The van der Waals surface area contributed by atoms with Crippen LogP contribution in [0.2, 0.25) is 0 Å². The Balaban J connectivity index is 1.63. The highest BCUT2D eigenvalue weighted by atomic mass is 16.5. The van der Waals surface area contributed by atoms with Crippen molar-refractivity contribution in [2.75, 3.05) is 16.9 Å². The molecule has 3 aliphatic heterocycles. The van der Waals surface area contributed by atoms with Gasteiger partial charge in [0, 0.05) is 11.3 Å². The zero-order chi connectivity index (χ0) is 22.0. The van der Waals surface area contributed by atoms with Gasteiger partial charge in [0.15, 0.2) is 5.78 Å². The fraction of sp³-hybridized carbons (Fsp3) is 0.320. The zero-order valence-electron chi connectivity index (χ0n) is 18.0. The van der Waals surface area contributed by atoms with Crippen molar-refractivity contribution in [1.29, 1.82) is 0 Å². The molecule has 0 bridgehead atoms. The molecule has 158 valence electrons. The normalized spacial score (nSPS) is 26.1. The maximum atomic E-state index is 13.7. The van der Waals surface area contributed by atoms with E-state index < -0.39 is 17.9 Å². The third-order valence-corrected chi connectivity index (χ3v) is 6.79. The summed E-state index contributed by atoms with van der Waals surface area (Å²) in [6.07, 6.45) is 3.90. The first-order valence-corrected chi connectivity index (χ1v) is 10.4. The predicted octanol–water partition coefficient (Wildman–Crippen LogP) is 3.29. The number of carbonyl (C=O) groups is 3. The molecule has 2 amide bonds. The summed E-state index contributed by atoms with van der Waals surface area (Å²) >= 11 is 0. The van der Waals surface area contributed by atoms with Crippen molar-refractivity contribution in [1.82, 2.24) is 0 Å². The molecule has 4 atom stereocenters. The topological polar surface area (TPSA) is 66.9 Å². The van der Waals surface area contributed by atoms with E-state index in [1.807, 2.05) is 67.3 Å². The van der Waals surface area contributed by atoms with Crippen molar-refractivity contribution in [2.24, 2.45) is 11.8 Å². The zero-order valence-corrected chi connectivity index (χ0v) is 18.0. The molecule has 6 nitrogen and oxygen atoms in total. The van der Waals surface area contributed by atoms with Crippen molar-refractivity contribution in [3.05, 3.63) is 59.2 Å². The third-order valence-electron chi connectivity index (χ3n) is 6.79. The van der Waals surface area contributed by atoms with E-state index in [9.17, 15) is 14.4 Å². The van der Waals surface area contributed by atoms with E-state index >= 15 is 0 Å². The van der Waals surface area contributed by atoms with Crippen molar-refractivity contribution in [3.8, 4) is 5.75 Å². The van der Waals surface area contributed by atoms with Crippen LogP contribution in [0.25, 0.3) is 6.08 Å². The van der Waals surface area contributed by atoms with Gasteiger partial charge in [0.05, 0.1) is 30.7 Å². The maximum Gasteiger partial charge on any atom is 0.240 e. The number of rotatable bonds is 3. The summed E-state index contributed by atoms with van der Waals surface area (Å²) in [6.45, 7) is 5.30. The number of aryl methyl sites for hydroxylation is 2. The summed E-state index contributed by atoms with van der Waals surface area (Å²) < 4.78 is 5.33. The second kappa shape index (κ2) is 6.80. The Hall–Kier alpha value is -3.41. The SMILES string of the molecule is COc1ccc2c(c1)C=C[C@@H]1[C@@H]3C(=O)N(c4c(C)cccc4C)C(=O)[C@H]3[C@@H](C(C)=O)N21. The highest BCUT2D eigenvalue weighted by Gasteiger charge is 2.63. The molecule has 2 saturated heterocycles. The monoisotopic (exact) mass is 416 g/mol. The number of ketones is 1. The van der Waals surface area contributed by atoms with Crippen LogP contribution in [0, 0.1) is 25.7 Å². The van der Waals surface area contributed by atoms with Crippen molar-refractivity contribution >= 4 is 35.0 Å². The number of hydrogen-bond donors (Lipinski definition) is 0. The summed E-state index contributed by atoms with van der Waals surface area (Å²) in [7, 11) is 1.61. The van der Waals surface area contributed by atoms with Crippen LogP contribution in [0.5, 0.6) is 5.75 Å². The molecule has 0 radical (unpaired) electrons. The largest absolute Gasteiger partial charge is 0.497 e. The van der Waals surface area contributed by atoms with E-state index in [0.717, 1.165) is 22.4 Å². The number of hydrogen-bond acceptors (Lipinski definition) is 5. The first kappa shape index (κ1) is 19.5. The third kappa shape index (κ3) is 2.60. The van der Waals surface area contributed by atoms with Gasteiger partial charge in [-0.3, -0.25) is 14.4 Å². The highest BCUT2D eigenvalue weighted by molar-refractivity contribution is 6.25. The summed E-state index contributed by atoms with van der Waals surface area (Å²) in [4.78, 5) is 43.4. The number of fused-ring (bicyclic) bond motifs is 5. The molecule has 3 heterocycles. The smallest absolute Gasteiger partial charge is 0.240 e. The average Bonchev–Trinajstić information content (AvgIpc) is 3.22. The fourth-order valence-electron chi connectivity index (χ4n) is 5.52. The molecule has 0 aromatic heterocycles. The van der Waals surface area contributed by atoms with E-state index in [1.165, 1.54) is 11.8 Å². The summed E-state index contributed by atoms with van der Waals surface area (Å²) in [5.74, 6) is -1.20. The predicted molar refractivity (Wildman–Crippen MR) is 118 cm³/mol. The number of para-hydroxylation sites is 1. The van der Waals surface area contributed by atoms with E-state index in [-0.39, 0.29) is 23.6 Å². The lowest BCUT2D eigenvalue weighted by molar-refractivity contribution is -0.126. The molecule has 2 aromatic carbocycles. The number of anilines is 2. The Bertz CT molecular complexity index is 1150. The second-order valence-corrected chi connectivity index (χ2v) is 8.54. The number of carbonyl (C=O) groups excluding carboxylic acids is 3. The molecule has 2 aromatic rings. The van der Waals surface area contributed by atoms with E-state index in [1.54, 1.807) is 7.11 Å². The van der Waals surface area contributed by atoms with Crippen LogP contribution >= 0.6 is 0 Å². The average molecular weight is 416 g/mol. The first-order valence-electron chi connectivity index (χ1n) is 10.4. The number of amides is 2. The van der Waals surface area contributed by atoms with Crippen LogP contribution in [0.1, 0.15) is 23.6 Å². The minimum atomic E-state index is -0.702. The molecular weight excluding hydrogens is 392 g/mol. The van der Waals surface area contributed by atoms with Gasteiger partial charge in [0.25, 0.3) is 0 Å². The van der Waals surface area contributed by atoms with Gasteiger partial charge >= 0.3 is 0 Å². The van der Waals surface area contributed by atoms with Crippen LogP contribution in [0.4, 0.5) is 11.4 Å². The Morgan fingerprint density at radius 3 is 2.32 bits per heavy atom. The number of imide groups is 1. The van der Waals surface area contributed by atoms with Gasteiger partial charge in [-0.25, -0.2) is 4.90 Å². The number of Topliss-reactive ketones (excluding diaryl/α,β-unsaturated/α-hetero) is 1. The minimum absolute atomic E-state index is 0.112. The van der Waals surface area contributed by atoms with E-state index in [2.05, 4.69) is 0 Å². The number of nitrogens with zero attached hydrogens (tertiary/aromatic N) is 2. The Labute approximate surface area is 181 Å². The Morgan fingerprint density at radius 1 is 1.00 bits per heavy atom. The summed E-state index contributed by atoms with van der Waals surface area (Å²) in [6, 6.07) is 10.3. The van der Waals surface area contributed by atoms with Gasteiger partial charge in [-0.1, -0.05) is 30.4 Å². The molecule has 31 heavy (non-hydrogen) atoms. The summed E-state index contributed by atoms with van der Waals surface area (Å²) in [5.41, 5.74) is 4.14. The van der Waals surface area contributed by atoms with Gasteiger partial charge in [-0.05, 0) is 50.1 Å². The molecule has 0 aliphatic carbocycles. The molecule has 6 heteroatoms. The molecule has 3 aliphatic rings. The number of methoxy groups -OCH3 is 1. The van der Waals surface area contributed by atoms with Crippen molar-refractivity contribution < 1.29 is 19.1 Å². The highest BCUT2D eigenvalue weighted by Crippen LogP contribution is 2.50. The molecule has 5 rings (SSSR count). The van der Waals surface area contributed by atoms with E-state index in [0.29, 0.717) is 11.4 Å². The van der Waals surface area contributed by atoms with Gasteiger partial charge in [-0.2, -0.15) is 0 Å². The van der Waals surface area contributed by atoms with E-state index in [4.69, 9.17) is 4.74 Å². The molecule has 0 spiro atoms. The van der Waals surface area contributed by atoms with Gasteiger partial charge in [0.1, 0.15) is 11.8 Å². The standard InChI is InChI=1S/C25H24N2O4/c1-13-6-5-7-14(2)22(13)27-24(29)20-19-10-8-16-12-17(31-4)9-11-18(16)26(19)23(15(3)28)21(20)25(27)30/h5-12,19-21,23H,1-4H3/t19-,20+,21-,23-/m1/s1. The lowest BCUT2D eigenvalue weighted by Gasteiger charge is -2.36. The lowest BCUT2D eigenvalue weighted by atomic mass is 9.88. The second-order valence-electron chi connectivity index (χ2n) is 8.54. The Morgan fingerprint density at radius 2 is 1.68 bits per heavy atom. The number of benzene rings is 2. The maximum absolute atomic E-state index is 13.7. The lowest BCUT2D eigenvalue weighted by Crippen LogP contribution is -2.48. The molecule has 0 saturated carbocycles. The van der Waals surface area contributed by atoms with Gasteiger partial charge in [0.2, 0.25) is 11.8 Å². The fourth-order valence-corrected chi connectivity index (χ4v) is 5.52. The van der Waals surface area contributed by atoms with Crippen LogP contribution < -0.4 is 14.5 Å². The molecule has 0 N–H and O–H groups in total. The van der Waals surface area contributed by atoms with Gasteiger partial charge in [-0.15, -0.1) is 0 Å². The molecular formula is C25H24N2O4. The van der Waals surface area contributed by atoms with Crippen LogP contribution in [0.15, 0.2) is 42.5 Å². The van der Waals surface area contributed by atoms with Crippen LogP contribution in [0.3, 0.4) is 0 Å². The first-order chi connectivity index (χ1) is 14.8. The quantitative estimate of drug-likeness (QED) is 0.719.